The van der Waals surface area contributed by atoms with Crippen LogP contribution in [-0.4, -0.2) is 37.7 Å². The average Bonchev–Trinajstić information content (AvgIpc) is 3.52. The smallest absolute Gasteiger partial charge is 0.306 e. The number of hydrogen-bond acceptors (Lipinski definition) is 5. The molecular formula is C27H30F2N5OS+. The minimum atomic E-state index is -1.63. The lowest BCUT2D eigenvalue weighted by atomic mass is 9.85. The van der Waals surface area contributed by atoms with Gasteiger partial charge in [-0.15, -0.1) is 11.3 Å². The molecule has 0 radical (unpaired) electrons. The number of H-pyrrole nitrogens is 1. The molecule has 6 nitrogen and oxygen atoms in total. The van der Waals surface area contributed by atoms with Crippen LogP contribution >= 0.6 is 11.3 Å². The first-order valence-electron chi connectivity index (χ1n) is 12.1. The molecule has 9 heteroatoms. The highest BCUT2D eigenvalue weighted by Gasteiger charge is 2.44. The fraction of sp³-hybridized carbons (Fsp3) is 0.370. The molecule has 4 aromatic rings. The first kappa shape index (κ1) is 24.7. The number of fused-ring (bicyclic) bond motifs is 1. The SMILES string of the molecule is CC(C)c1ccc(-c2nc3c(s2)CN([C@H](C)[C@](O)(C[n+]2cnc[nH]2)c2ccc(F)cc2F)CC3)cc1. The topological polar surface area (TPSA) is 68.9 Å². The minimum Gasteiger partial charge on any atom is -0.379 e. The summed E-state index contributed by atoms with van der Waals surface area (Å²) in [6.45, 7) is 7.54. The Kier molecular flexibility index (Phi) is 6.72. The lowest BCUT2D eigenvalue weighted by Crippen LogP contribution is -2.58. The van der Waals surface area contributed by atoms with E-state index >= 15 is 0 Å². The van der Waals surface area contributed by atoms with Crippen LogP contribution < -0.4 is 4.68 Å². The first-order valence-corrected chi connectivity index (χ1v) is 12.9. The molecule has 2 aromatic carbocycles. The molecule has 1 aliphatic heterocycles. The number of nitrogens with one attached hydrogen (secondary N) is 1. The van der Waals surface area contributed by atoms with E-state index in [2.05, 4.69) is 53.1 Å². The molecule has 0 saturated heterocycles. The lowest BCUT2D eigenvalue weighted by molar-refractivity contribution is -0.765. The first-order chi connectivity index (χ1) is 17.2. The standard InChI is InChI=1S/C27H29F2N5OS/c1-17(2)19-4-6-20(7-5-19)26-32-24-10-11-33(13-25(24)36-26)18(3)27(35,14-34-16-30-15-31-34)22-9-8-21(28)12-23(22)29/h4-9,12,15-18,35H,10-11,13-14H2,1-3H3/p+1/t18-,27-/m1/s1. The van der Waals surface area contributed by atoms with Crippen molar-refractivity contribution in [2.75, 3.05) is 6.54 Å². The minimum absolute atomic E-state index is 0.0379. The van der Waals surface area contributed by atoms with Crippen LogP contribution in [-0.2, 0) is 25.1 Å². The number of aromatic nitrogens is 4. The van der Waals surface area contributed by atoms with Crippen LogP contribution in [0.3, 0.4) is 0 Å². The van der Waals surface area contributed by atoms with Gasteiger partial charge < -0.3 is 5.11 Å². The maximum Gasteiger partial charge on any atom is 0.306 e. The molecule has 0 bridgehead atoms. The fourth-order valence-electron chi connectivity index (χ4n) is 4.87. The number of nitrogens with zero attached hydrogens (tertiary/aromatic N) is 4. The van der Waals surface area contributed by atoms with Crippen molar-refractivity contribution >= 4 is 11.3 Å². The van der Waals surface area contributed by atoms with E-state index in [1.165, 1.54) is 30.4 Å². The Morgan fingerprint density at radius 3 is 2.61 bits per heavy atom. The Hall–Kier alpha value is -3.01. The zero-order valence-corrected chi connectivity index (χ0v) is 21.4. The number of thiazole rings is 1. The molecule has 188 valence electrons. The second kappa shape index (κ2) is 9.80. The molecule has 2 aromatic heterocycles. The molecule has 0 spiro atoms. The van der Waals surface area contributed by atoms with Crippen molar-refractivity contribution in [2.24, 2.45) is 0 Å². The summed E-state index contributed by atoms with van der Waals surface area (Å²) in [4.78, 5) is 12.2. The van der Waals surface area contributed by atoms with E-state index in [1.54, 1.807) is 16.0 Å². The Labute approximate surface area is 213 Å². The summed E-state index contributed by atoms with van der Waals surface area (Å²) >= 11 is 1.66. The molecule has 0 saturated carbocycles. The summed E-state index contributed by atoms with van der Waals surface area (Å²) in [5, 5.41) is 15.9. The number of aromatic amines is 1. The molecule has 0 aliphatic carbocycles. The van der Waals surface area contributed by atoms with E-state index in [0.717, 1.165) is 33.6 Å². The molecule has 0 fully saturated rings. The van der Waals surface area contributed by atoms with E-state index in [9.17, 15) is 13.9 Å². The third-order valence-electron chi connectivity index (χ3n) is 7.14. The highest BCUT2D eigenvalue weighted by atomic mass is 32.1. The molecule has 0 amide bonds. The van der Waals surface area contributed by atoms with Crippen LogP contribution in [0, 0.1) is 11.6 Å². The quantitative estimate of drug-likeness (QED) is 0.358. The predicted octanol–water partition coefficient (Wildman–Crippen LogP) is 4.56. The molecular weight excluding hydrogens is 480 g/mol. The Morgan fingerprint density at radius 1 is 1.17 bits per heavy atom. The van der Waals surface area contributed by atoms with Gasteiger partial charge in [0.2, 0.25) is 6.33 Å². The van der Waals surface area contributed by atoms with Gasteiger partial charge in [0.15, 0.2) is 0 Å². The van der Waals surface area contributed by atoms with Gasteiger partial charge in [-0.25, -0.2) is 13.8 Å². The van der Waals surface area contributed by atoms with Crippen LogP contribution in [0.4, 0.5) is 8.78 Å². The van der Waals surface area contributed by atoms with Gasteiger partial charge in [0, 0.05) is 47.6 Å². The van der Waals surface area contributed by atoms with E-state index in [0.29, 0.717) is 19.0 Å². The molecule has 1 aliphatic rings. The van der Waals surface area contributed by atoms with E-state index in [1.807, 2.05) is 6.92 Å². The van der Waals surface area contributed by atoms with Gasteiger partial charge in [0.05, 0.1) is 5.69 Å². The number of rotatable bonds is 7. The van der Waals surface area contributed by atoms with Crippen LogP contribution in [0.25, 0.3) is 10.6 Å². The van der Waals surface area contributed by atoms with Crippen molar-refractivity contribution in [2.45, 2.75) is 57.8 Å². The van der Waals surface area contributed by atoms with E-state index in [4.69, 9.17) is 4.98 Å². The van der Waals surface area contributed by atoms with E-state index < -0.39 is 23.3 Å². The highest BCUT2D eigenvalue weighted by molar-refractivity contribution is 7.15. The third kappa shape index (κ3) is 4.70. The number of halogens is 2. The second-order valence-corrected chi connectivity index (χ2v) is 10.8. The summed E-state index contributed by atoms with van der Waals surface area (Å²) in [6, 6.07) is 11.4. The normalized spacial score (nSPS) is 16.6. The molecule has 36 heavy (non-hydrogen) atoms. The maximum atomic E-state index is 14.9. The van der Waals surface area contributed by atoms with Gasteiger partial charge in [-0.3, -0.25) is 4.90 Å². The largest absolute Gasteiger partial charge is 0.379 e. The summed E-state index contributed by atoms with van der Waals surface area (Å²) in [6.07, 6.45) is 3.76. The fourth-order valence-corrected chi connectivity index (χ4v) is 6.00. The predicted molar refractivity (Wildman–Crippen MR) is 134 cm³/mol. The van der Waals surface area contributed by atoms with Gasteiger partial charge in [-0.1, -0.05) is 44.2 Å². The Bertz CT molecular complexity index is 1340. The maximum absolute atomic E-state index is 14.9. The third-order valence-corrected chi connectivity index (χ3v) is 8.27. The Balaban J connectivity index is 1.43. The summed E-state index contributed by atoms with van der Waals surface area (Å²) < 4.78 is 30.2. The highest BCUT2D eigenvalue weighted by Crippen LogP contribution is 2.37. The van der Waals surface area contributed by atoms with Gasteiger partial charge >= 0.3 is 6.33 Å². The molecule has 0 unspecified atom stereocenters. The summed E-state index contributed by atoms with van der Waals surface area (Å²) in [5.74, 6) is -0.975. The molecule has 3 heterocycles. The van der Waals surface area contributed by atoms with Crippen LogP contribution in [0.15, 0.2) is 55.1 Å². The van der Waals surface area contributed by atoms with Crippen molar-refractivity contribution in [1.29, 1.82) is 0 Å². The monoisotopic (exact) mass is 510 g/mol. The van der Waals surface area contributed by atoms with Gasteiger partial charge in [-0.2, -0.15) is 9.78 Å². The van der Waals surface area contributed by atoms with Crippen molar-refractivity contribution in [3.63, 3.8) is 0 Å². The number of hydrogen-bond donors (Lipinski definition) is 2. The number of aliphatic hydroxyl groups is 1. The lowest BCUT2D eigenvalue weighted by Gasteiger charge is -2.41. The van der Waals surface area contributed by atoms with Gasteiger partial charge in [-0.05, 0) is 29.5 Å². The second-order valence-electron chi connectivity index (χ2n) is 9.76. The molecule has 2 atom stereocenters. The average molecular weight is 511 g/mol. The van der Waals surface area contributed by atoms with Crippen LogP contribution in [0.1, 0.15) is 48.4 Å². The number of benzene rings is 2. The van der Waals surface area contributed by atoms with Crippen LogP contribution in [0.2, 0.25) is 0 Å². The summed E-state index contributed by atoms with van der Waals surface area (Å²) in [5.41, 5.74) is 1.89. The Morgan fingerprint density at radius 2 is 1.94 bits per heavy atom. The zero-order valence-electron chi connectivity index (χ0n) is 20.6. The van der Waals surface area contributed by atoms with E-state index in [-0.39, 0.29) is 12.1 Å². The van der Waals surface area contributed by atoms with Crippen molar-refractivity contribution in [3.05, 3.63) is 88.5 Å². The van der Waals surface area contributed by atoms with Gasteiger partial charge in [0.1, 0.15) is 28.8 Å². The van der Waals surface area contributed by atoms with Gasteiger partial charge in [0.25, 0.3) is 0 Å². The van der Waals surface area contributed by atoms with Crippen LogP contribution in [0.5, 0.6) is 0 Å². The van der Waals surface area contributed by atoms with Crippen molar-refractivity contribution in [1.82, 2.24) is 20.0 Å². The zero-order chi connectivity index (χ0) is 25.4. The van der Waals surface area contributed by atoms with Crippen molar-refractivity contribution in [3.8, 4) is 10.6 Å². The summed E-state index contributed by atoms with van der Waals surface area (Å²) in [7, 11) is 0. The molecule has 5 rings (SSSR count). The van der Waals surface area contributed by atoms with Crippen molar-refractivity contribution < 1.29 is 18.6 Å². The molecule has 2 N–H and O–H groups in total.